The molecule has 0 unspecified atom stereocenters. The maximum Gasteiger partial charge on any atom is 0.280 e. The molecule has 0 atom stereocenters. The number of rotatable bonds is 4. The third-order valence-corrected chi connectivity index (χ3v) is 3.71. The van der Waals surface area contributed by atoms with Crippen molar-refractivity contribution in [3.63, 3.8) is 0 Å². The molecule has 1 aromatic carbocycles. The lowest BCUT2D eigenvalue weighted by Crippen LogP contribution is -2.23. The van der Waals surface area contributed by atoms with Crippen LogP contribution in [-0.4, -0.2) is 20.5 Å². The van der Waals surface area contributed by atoms with E-state index in [9.17, 15) is 13.6 Å². The van der Waals surface area contributed by atoms with Gasteiger partial charge in [-0.05, 0) is 30.7 Å². The Morgan fingerprint density at radius 1 is 1.33 bits per heavy atom. The first-order valence-corrected chi connectivity index (χ1v) is 7.49. The Balaban J connectivity index is 1.86. The van der Waals surface area contributed by atoms with E-state index >= 15 is 0 Å². The smallest absolute Gasteiger partial charge is 0.280 e. The lowest BCUT2D eigenvalue weighted by molar-refractivity contribution is 0.0952. The SMILES string of the molecule is Cc1cc(C(F)F)n2ncc(C(=O)NCc3ccc(Cl)cc3)c2n1. The summed E-state index contributed by atoms with van der Waals surface area (Å²) in [5.41, 5.74) is 1.22. The second kappa shape index (κ2) is 6.52. The van der Waals surface area contributed by atoms with Crippen molar-refractivity contribution in [3.8, 4) is 0 Å². The van der Waals surface area contributed by atoms with Crippen LogP contribution in [0.1, 0.15) is 33.7 Å². The van der Waals surface area contributed by atoms with Gasteiger partial charge in [0.05, 0.1) is 6.20 Å². The molecule has 0 fully saturated rings. The van der Waals surface area contributed by atoms with Gasteiger partial charge in [-0.25, -0.2) is 18.3 Å². The van der Waals surface area contributed by atoms with Crippen LogP contribution in [0.2, 0.25) is 5.02 Å². The van der Waals surface area contributed by atoms with Crippen LogP contribution in [0.25, 0.3) is 5.65 Å². The van der Waals surface area contributed by atoms with Crippen molar-refractivity contribution in [3.05, 3.63) is 64.1 Å². The number of aryl methyl sites for hydroxylation is 1. The summed E-state index contributed by atoms with van der Waals surface area (Å²) in [5.74, 6) is -0.432. The van der Waals surface area contributed by atoms with Gasteiger partial charge >= 0.3 is 0 Å². The Labute approximate surface area is 141 Å². The number of hydrogen-bond donors (Lipinski definition) is 1. The Morgan fingerprint density at radius 3 is 2.71 bits per heavy atom. The summed E-state index contributed by atoms with van der Waals surface area (Å²) in [6.07, 6.45) is -1.47. The van der Waals surface area contributed by atoms with Gasteiger partial charge in [0.2, 0.25) is 0 Å². The van der Waals surface area contributed by atoms with Crippen molar-refractivity contribution < 1.29 is 13.6 Å². The third kappa shape index (κ3) is 3.21. The van der Waals surface area contributed by atoms with Crippen molar-refractivity contribution in [1.82, 2.24) is 19.9 Å². The summed E-state index contributed by atoms with van der Waals surface area (Å²) in [6.45, 7) is 1.87. The van der Waals surface area contributed by atoms with E-state index in [0.29, 0.717) is 10.7 Å². The van der Waals surface area contributed by atoms with Crippen LogP contribution in [0.5, 0.6) is 0 Å². The molecule has 0 aliphatic carbocycles. The van der Waals surface area contributed by atoms with Gasteiger partial charge < -0.3 is 5.32 Å². The van der Waals surface area contributed by atoms with Gasteiger partial charge in [-0.1, -0.05) is 23.7 Å². The highest BCUT2D eigenvalue weighted by Crippen LogP contribution is 2.21. The average Bonchev–Trinajstić information content (AvgIpc) is 2.96. The maximum absolute atomic E-state index is 13.1. The lowest BCUT2D eigenvalue weighted by atomic mass is 10.2. The number of carbonyl (C=O) groups excluding carboxylic acids is 1. The number of aromatic nitrogens is 3. The van der Waals surface area contributed by atoms with E-state index in [1.807, 2.05) is 0 Å². The molecule has 0 aliphatic rings. The predicted octanol–water partition coefficient (Wildman–Crippen LogP) is 3.56. The van der Waals surface area contributed by atoms with Gasteiger partial charge in [-0.15, -0.1) is 0 Å². The fourth-order valence-electron chi connectivity index (χ4n) is 2.31. The van der Waals surface area contributed by atoms with Crippen LogP contribution in [0, 0.1) is 6.92 Å². The Bertz CT molecular complexity index is 893. The van der Waals surface area contributed by atoms with E-state index in [0.717, 1.165) is 10.1 Å². The zero-order chi connectivity index (χ0) is 17.3. The van der Waals surface area contributed by atoms with E-state index in [1.54, 1.807) is 31.2 Å². The fourth-order valence-corrected chi connectivity index (χ4v) is 2.43. The molecular weight excluding hydrogens is 338 g/mol. The second-order valence-electron chi connectivity index (χ2n) is 5.23. The zero-order valence-electron chi connectivity index (χ0n) is 12.6. The first-order valence-electron chi connectivity index (χ1n) is 7.12. The molecule has 2 heterocycles. The molecule has 0 saturated carbocycles. The van der Waals surface area contributed by atoms with Gasteiger partial charge in [0, 0.05) is 17.3 Å². The Morgan fingerprint density at radius 2 is 2.04 bits per heavy atom. The minimum absolute atomic E-state index is 0.110. The van der Waals surface area contributed by atoms with E-state index in [-0.39, 0.29) is 23.4 Å². The molecule has 8 heteroatoms. The molecule has 1 amide bonds. The molecule has 2 aromatic heterocycles. The summed E-state index contributed by atoms with van der Waals surface area (Å²) < 4.78 is 27.2. The number of halogens is 3. The molecule has 0 bridgehead atoms. The summed E-state index contributed by atoms with van der Waals surface area (Å²) >= 11 is 5.81. The van der Waals surface area contributed by atoms with Crippen molar-refractivity contribution >= 4 is 23.2 Å². The van der Waals surface area contributed by atoms with Crippen molar-refractivity contribution in [2.24, 2.45) is 0 Å². The summed E-state index contributed by atoms with van der Waals surface area (Å²) in [5, 5.41) is 7.19. The quantitative estimate of drug-likeness (QED) is 0.782. The molecule has 0 spiro atoms. The van der Waals surface area contributed by atoms with Gasteiger partial charge in [-0.2, -0.15) is 5.10 Å². The van der Waals surface area contributed by atoms with Gasteiger partial charge in [-0.3, -0.25) is 4.79 Å². The highest BCUT2D eigenvalue weighted by Gasteiger charge is 2.20. The minimum atomic E-state index is -2.71. The van der Waals surface area contributed by atoms with Gasteiger partial charge in [0.1, 0.15) is 11.3 Å². The fraction of sp³-hybridized carbons (Fsp3) is 0.188. The Hall–Kier alpha value is -2.54. The zero-order valence-corrected chi connectivity index (χ0v) is 13.4. The molecule has 1 N–H and O–H groups in total. The van der Waals surface area contributed by atoms with Crippen LogP contribution < -0.4 is 5.32 Å². The van der Waals surface area contributed by atoms with E-state index in [2.05, 4.69) is 15.4 Å². The van der Waals surface area contributed by atoms with Crippen molar-refractivity contribution in [1.29, 1.82) is 0 Å². The molecule has 124 valence electrons. The van der Waals surface area contributed by atoms with Crippen molar-refractivity contribution in [2.75, 3.05) is 0 Å². The standard InChI is InChI=1S/C16H13ClF2N4O/c1-9-6-13(14(18)19)23-15(22-9)12(8-21-23)16(24)20-7-10-2-4-11(17)5-3-10/h2-6,8,14H,7H2,1H3,(H,20,24). The lowest BCUT2D eigenvalue weighted by Gasteiger charge is -2.07. The van der Waals surface area contributed by atoms with Crippen LogP contribution in [0.4, 0.5) is 8.78 Å². The number of nitrogens with one attached hydrogen (secondary N) is 1. The Kier molecular flexibility index (Phi) is 4.44. The first-order chi connectivity index (χ1) is 11.5. The van der Waals surface area contributed by atoms with Gasteiger partial charge in [0.15, 0.2) is 5.65 Å². The van der Waals surface area contributed by atoms with Crippen LogP contribution in [0.3, 0.4) is 0 Å². The van der Waals surface area contributed by atoms with E-state index in [1.165, 1.54) is 12.3 Å². The summed E-state index contributed by atoms with van der Waals surface area (Å²) in [7, 11) is 0. The molecule has 5 nitrogen and oxygen atoms in total. The number of nitrogens with zero attached hydrogens (tertiary/aromatic N) is 3. The predicted molar refractivity (Wildman–Crippen MR) is 85.3 cm³/mol. The number of fused-ring (bicyclic) bond motifs is 1. The molecule has 3 rings (SSSR count). The molecule has 3 aromatic rings. The molecular formula is C16H13ClF2N4O. The monoisotopic (exact) mass is 350 g/mol. The molecule has 24 heavy (non-hydrogen) atoms. The minimum Gasteiger partial charge on any atom is -0.348 e. The first kappa shape index (κ1) is 16.3. The highest BCUT2D eigenvalue weighted by molar-refractivity contribution is 6.30. The topological polar surface area (TPSA) is 59.3 Å². The second-order valence-corrected chi connectivity index (χ2v) is 5.66. The van der Waals surface area contributed by atoms with Crippen molar-refractivity contribution in [2.45, 2.75) is 19.9 Å². The molecule has 0 radical (unpaired) electrons. The van der Waals surface area contributed by atoms with E-state index < -0.39 is 12.3 Å². The summed E-state index contributed by atoms with van der Waals surface area (Å²) in [4.78, 5) is 16.5. The van der Waals surface area contributed by atoms with Crippen LogP contribution in [0.15, 0.2) is 36.5 Å². The molecule has 0 saturated heterocycles. The number of carbonyl (C=O) groups is 1. The normalized spacial score (nSPS) is 11.2. The summed E-state index contributed by atoms with van der Waals surface area (Å²) in [6, 6.07) is 8.27. The number of alkyl halides is 2. The number of hydrogen-bond acceptors (Lipinski definition) is 3. The number of benzene rings is 1. The average molecular weight is 351 g/mol. The van der Waals surface area contributed by atoms with Crippen LogP contribution >= 0.6 is 11.6 Å². The third-order valence-electron chi connectivity index (χ3n) is 3.46. The largest absolute Gasteiger partial charge is 0.348 e. The van der Waals surface area contributed by atoms with Crippen LogP contribution in [-0.2, 0) is 6.54 Å². The number of amides is 1. The maximum atomic E-state index is 13.1. The highest BCUT2D eigenvalue weighted by atomic mass is 35.5. The molecule has 0 aliphatic heterocycles. The van der Waals surface area contributed by atoms with Gasteiger partial charge in [0.25, 0.3) is 12.3 Å². The van der Waals surface area contributed by atoms with E-state index in [4.69, 9.17) is 11.6 Å².